The lowest BCUT2D eigenvalue weighted by atomic mass is 9.81. The molecule has 0 aromatic heterocycles. The first-order valence-corrected chi connectivity index (χ1v) is 10.2. The van der Waals surface area contributed by atoms with Crippen molar-refractivity contribution >= 4 is 11.8 Å². The Morgan fingerprint density at radius 1 is 0.522 bits per heavy atom. The second kappa shape index (κ2) is 8.30. The molecule has 2 saturated carbocycles. The quantitative estimate of drug-likeness (QED) is 0.649. The maximum absolute atomic E-state index is 12.8. The van der Waals surface area contributed by atoms with E-state index in [2.05, 4.69) is 0 Å². The first-order valence-electron chi connectivity index (χ1n) is 10.2. The van der Waals surface area contributed by atoms with Gasteiger partial charge in [-0.25, -0.2) is 0 Å². The number of hydrogen-bond acceptors (Lipinski definition) is 2. The van der Waals surface area contributed by atoms with E-state index in [4.69, 9.17) is 0 Å². The van der Waals surface area contributed by atoms with Gasteiger partial charge in [0.2, 0.25) is 11.8 Å². The molecule has 2 atom stereocenters. The zero-order valence-electron chi connectivity index (χ0n) is 14.6. The summed E-state index contributed by atoms with van der Waals surface area (Å²) in [7, 11) is 0. The minimum Gasteiger partial charge on any atom is -0.279 e. The van der Waals surface area contributed by atoms with Crippen LogP contribution in [0.25, 0.3) is 0 Å². The van der Waals surface area contributed by atoms with Crippen molar-refractivity contribution in [3.63, 3.8) is 0 Å². The Morgan fingerprint density at radius 3 is 1.30 bits per heavy atom. The van der Waals surface area contributed by atoms with Gasteiger partial charge in [0, 0.05) is 6.04 Å². The predicted octanol–water partition coefficient (Wildman–Crippen LogP) is 4.83. The zero-order chi connectivity index (χ0) is 16.1. The van der Waals surface area contributed by atoms with Crippen LogP contribution < -0.4 is 0 Å². The van der Waals surface area contributed by atoms with Crippen molar-refractivity contribution in [1.29, 1.82) is 0 Å². The largest absolute Gasteiger partial charge is 0.279 e. The summed E-state index contributed by atoms with van der Waals surface area (Å²) < 4.78 is 0. The number of fused-ring (bicyclic) bond motifs is 1. The van der Waals surface area contributed by atoms with E-state index in [0.717, 1.165) is 38.5 Å². The smallest absolute Gasteiger partial charge is 0.233 e. The summed E-state index contributed by atoms with van der Waals surface area (Å²) in [6, 6.07) is 0.194. The van der Waals surface area contributed by atoms with E-state index >= 15 is 0 Å². The lowest BCUT2D eigenvalue weighted by molar-refractivity contribution is -0.143. The Morgan fingerprint density at radius 2 is 0.870 bits per heavy atom. The van der Waals surface area contributed by atoms with Crippen molar-refractivity contribution in [2.24, 2.45) is 11.8 Å². The number of imide groups is 1. The molecule has 3 fully saturated rings. The van der Waals surface area contributed by atoms with Crippen LogP contribution in [0.2, 0.25) is 0 Å². The first-order chi connectivity index (χ1) is 11.3. The Hall–Kier alpha value is -0.860. The van der Waals surface area contributed by atoms with E-state index in [1.807, 2.05) is 0 Å². The molecule has 2 amide bonds. The number of carbonyl (C=O) groups is 2. The number of hydrogen-bond donors (Lipinski definition) is 0. The Labute approximate surface area is 141 Å². The summed E-state index contributed by atoms with van der Waals surface area (Å²) in [6.45, 7) is 0. The molecule has 0 radical (unpaired) electrons. The highest BCUT2D eigenvalue weighted by Gasteiger charge is 2.49. The number of rotatable bonds is 1. The first kappa shape index (κ1) is 17.0. The summed E-state index contributed by atoms with van der Waals surface area (Å²) in [5.41, 5.74) is 0. The molecule has 23 heavy (non-hydrogen) atoms. The van der Waals surface area contributed by atoms with E-state index in [1.54, 1.807) is 4.90 Å². The summed E-state index contributed by atoms with van der Waals surface area (Å²) in [6.07, 6.45) is 17.8. The molecule has 1 aliphatic heterocycles. The van der Waals surface area contributed by atoms with E-state index < -0.39 is 0 Å². The van der Waals surface area contributed by atoms with Crippen LogP contribution in [0.1, 0.15) is 96.3 Å². The van der Waals surface area contributed by atoms with E-state index in [0.29, 0.717) is 0 Å². The normalized spacial score (nSPS) is 32.3. The lowest BCUT2D eigenvalue weighted by Gasteiger charge is -2.27. The van der Waals surface area contributed by atoms with Crippen LogP contribution in [0.15, 0.2) is 0 Å². The SMILES string of the molecule is O=C1[C@H]2CCCC[C@@H]2C(=O)N1C1CCCCCCCCCCC1. The molecular formula is C20H33NO2. The third-order valence-corrected chi connectivity index (χ3v) is 6.32. The Balaban J connectivity index is 1.66. The standard InChI is InChI=1S/C20H33NO2/c22-19-17-14-10-11-15-18(17)20(23)21(19)16-12-8-6-4-2-1-3-5-7-9-13-16/h16-18H,1-15H2/t17-,18-/m0/s1. The molecule has 3 aliphatic rings. The van der Waals surface area contributed by atoms with E-state index in [9.17, 15) is 9.59 Å². The number of likely N-dealkylation sites (tertiary alicyclic amines) is 1. The van der Waals surface area contributed by atoms with Gasteiger partial charge in [-0.15, -0.1) is 0 Å². The van der Waals surface area contributed by atoms with Gasteiger partial charge in [0.15, 0.2) is 0 Å². The average molecular weight is 319 g/mol. The minimum absolute atomic E-state index is 0.0256. The molecular weight excluding hydrogens is 286 g/mol. The fourth-order valence-corrected chi connectivity index (χ4v) is 4.95. The summed E-state index contributed by atoms with van der Waals surface area (Å²) in [4.78, 5) is 27.4. The van der Waals surface area contributed by atoms with Gasteiger partial charge in [0.25, 0.3) is 0 Å². The molecule has 0 bridgehead atoms. The summed E-state index contributed by atoms with van der Waals surface area (Å²) in [5, 5.41) is 0. The van der Waals surface area contributed by atoms with Gasteiger partial charge in [0.05, 0.1) is 11.8 Å². The Bertz CT molecular complexity index is 384. The molecule has 130 valence electrons. The molecule has 1 heterocycles. The minimum atomic E-state index is 0.0256. The highest BCUT2D eigenvalue weighted by atomic mass is 16.2. The van der Waals surface area contributed by atoms with Crippen molar-refractivity contribution in [3.8, 4) is 0 Å². The number of nitrogens with zero attached hydrogens (tertiary/aromatic N) is 1. The fraction of sp³-hybridized carbons (Fsp3) is 0.900. The van der Waals surface area contributed by atoms with Crippen LogP contribution in [0, 0.1) is 11.8 Å². The molecule has 0 unspecified atom stereocenters. The van der Waals surface area contributed by atoms with Crippen molar-refractivity contribution < 1.29 is 9.59 Å². The second-order valence-electron chi connectivity index (χ2n) is 7.96. The maximum atomic E-state index is 12.8. The summed E-state index contributed by atoms with van der Waals surface area (Å²) in [5.74, 6) is 0.406. The zero-order valence-corrected chi connectivity index (χ0v) is 14.6. The van der Waals surface area contributed by atoms with E-state index in [1.165, 1.54) is 57.8 Å². The molecule has 2 aliphatic carbocycles. The van der Waals surface area contributed by atoms with Gasteiger partial charge in [-0.1, -0.05) is 70.6 Å². The number of amides is 2. The molecule has 0 spiro atoms. The van der Waals surface area contributed by atoms with Crippen LogP contribution >= 0.6 is 0 Å². The Kier molecular flexibility index (Phi) is 6.13. The molecule has 1 saturated heterocycles. The third kappa shape index (κ3) is 3.97. The van der Waals surface area contributed by atoms with Crippen LogP contribution in [0.4, 0.5) is 0 Å². The van der Waals surface area contributed by atoms with Gasteiger partial charge < -0.3 is 0 Å². The van der Waals surface area contributed by atoms with Gasteiger partial charge in [-0.2, -0.15) is 0 Å². The van der Waals surface area contributed by atoms with E-state index in [-0.39, 0.29) is 29.7 Å². The van der Waals surface area contributed by atoms with Crippen molar-refractivity contribution in [1.82, 2.24) is 4.90 Å². The van der Waals surface area contributed by atoms with Crippen LogP contribution in [0.5, 0.6) is 0 Å². The third-order valence-electron chi connectivity index (χ3n) is 6.32. The van der Waals surface area contributed by atoms with Crippen molar-refractivity contribution in [2.45, 2.75) is 102 Å². The highest BCUT2D eigenvalue weighted by molar-refractivity contribution is 6.05. The monoisotopic (exact) mass is 319 g/mol. The van der Waals surface area contributed by atoms with Crippen molar-refractivity contribution in [3.05, 3.63) is 0 Å². The van der Waals surface area contributed by atoms with Crippen LogP contribution in [-0.4, -0.2) is 22.8 Å². The highest BCUT2D eigenvalue weighted by Crippen LogP contribution is 2.40. The molecule has 3 heteroatoms. The average Bonchev–Trinajstić information content (AvgIpc) is 2.81. The van der Waals surface area contributed by atoms with Crippen LogP contribution in [0.3, 0.4) is 0 Å². The summed E-state index contributed by atoms with van der Waals surface area (Å²) >= 11 is 0. The van der Waals surface area contributed by atoms with Gasteiger partial charge >= 0.3 is 0 Å². The molecule has 0 aromatic carbocycles. The maximum Gasteiger partial charge on any atom is 0.233 e. The van der Waals surface area contributed by atoms with Gasteiger partial charge in [-0.3, -0.25) is 14.5 Å². The van der Waals surface area contributed by atoms with Gasteiger partial charge in [-0.05, 0) is 25.7 Å². The van der Waals surface area contributed by atoms with Gasteiger partial charge in [0.1, 0.15) is 0 Å². The second-order valence-corrected chi connectivity index (χ2v) is 7.96. The van der Waals surface area contributed by atoms with Crippen molar-refractivity contribution in [2.75, 3.05) is 0 Å². The topological polar surface area (TPSA) is 37.4 Å². The molecule has 0 aromatic rings. The fourth-order valence-electron chi connectivity index (χ4n) is 4.95. The van der Waals surface area contributed by atoms with Crippen LogP contribution in [-0.2, 0) is 9.59 Å². The molecule has 3 rings (SSSR count). The lowest BCUT2D eigenvalue weighted by Crippen LogP contribution is -2.40. The molecule has 3 nitrogen and oxygen atoms in total. The molecule has 0 N–H and O–H groups in total. The predicted molar refractivity (Wildman–Crippen MR) is 91.9 cm³/mol. The number of carbonyl (C=O) groups excluding carboxylic acids is 2.